The van der Waals surface area contributed by atoms with E-state index < -0.39 is 0 Å². The van der Waals surface area contributed by atoms with E-state index in [0.717, 1.165) is 28.5 Å². The van der Waals surface area contributed by atoms with Crippen molar-refractivity contribution in [2.75, 3.05) is 33.8 Å². The van der Waals surface area contributed by atoms with E-state index >= 15 is 0 Å². The van der Waals surface area contributed by atoms with Gasteiger partial charge >= 0.3 is 0 Å². The Morgan fingerprint density at radius 3 is 2.39 bits per heavy atom. The van der Waals surface area contributed by atoms with E-state index in [9.17, 15) is 4.79 Å². The van der Waals surface area contributed by atoms with Crippen molar-refractivity contribution in [3.63, 3.8) is 0 Å². The molecule has 1 N–H and O–H groups in total. The molecule has 0 unspecified atom stereocenters. The van der Waals surface area contributed by atoms with E-state index in [2.05, 4.69) is 10.3 Å². The quantitative estimate of drug-likeness (QED) is 0.463. The number of anilines is 1. The van der Waals surface area contributed by atoms with Gasteiger partial charge in [-0.05, 0) is 29.8 Å². The molecule has 3 rings (SSSR count). The molecule has 1 heterocycles. The number of nitrogens with zero attached hydrogens (tertiary/aromatic N) is 1. The third kappa shape index (κ3) is 5.83. The number of rotatable bonds is 10. The zero-order valence-corrected chi connectivity index (χ0v) is 19.4. The topological polar surface area (TPSA) is 78.9 Å². The molecule has 0 atom stereocenters. The second-order valence-corrected chi connectivity index (χ2v) is 8.20. The molecular weight excluding hydrogens is 436 g/mol. The average Bonchev–Trinajstić information content (AvgIpc) is 3.24. The van der Waals surface area contributed by atoms with Gasteiger partial charge in [0.15, 0.2) is 16.6 Å². The third-order valence-electron chi connectivity index (χ3n) is 4.35. The van der Waals surface area contributed by atoms with Crippen LogP contribution in [-0.4, -0.2) is 39.3 Å². The fourth-order valence-corrected chi connectivity index (χ4v) is 4.56. The van der Waals surface area contributed by atoms with Crippen LogP contribution >= 0.6 is 23.1 Å². The van der Waals surface area contributed by atoms with E-state index in [1.54, 1.807) is 44.2 Å². The average molecular weight is 461 g/mol. The second kappa shape index (κ2) is 10.9. The van der Waals surface area contributed by atoms with Crippen LogP contribution in [0, 0.1) is 0 Å². The number of nitrogens with one attached hydrogen (secondary N) is 1. The number of amides is 1. The predicted molar refractivity (Wildman–Crippen MR) is 124 cm³/mol. The maximum Gasteiger partial charge on any atom is 0.261 e. The van der Waals surface area contributed by atoms with Crippen molar-refractivity contribution in [3.05, 3.63) is 58.6 Å². The molecule has 0 spiro atoms. The number of benzene rings is 2. The van der Waals surface area contributed by atoms with Crippen LogP contribution in [0.25, 0.3) is 0 Å². The Morgan fingerprint density at radius 1 is 1.00 bits per heavy atom. The zero-order valence-electron chi connectivity index (χ0n) is 17.8. The van der Waals surface area contributed by atoms with Crippen LogP contribution in [0.1, 0.15) is 21.6 Å². The van der Waals surface area contributed by atoms with Gasteiger partial charge in [0.05, 0.1) is 39.7 Å². The van der Waals surface area contributed by atoms with Gasteiger partial charge in [-0.1, -0.05) is 6.07 Å². The van der Waals surface area contributed by atoms with Crippen LogP contribution in [0.15, 0.2) is 41.8 Å². The van der Waals surface area contributed by atoms with Crippen molar-refractivity contribution in [1.29, 1.82) is 0 Å². The first kappa shape index (κ1) is 22.8. The molecular formula is C22H24N2O5S2. The largest absolute Gasteiger partial charge is 0.497 e. The lowest BCUT2D eigenvalue weighted by Gasteiger charge is -2.11. The highest BCUT2D eigenvalue weighted by Crippen LogP contribution is 2.32. The molecule has 31 heavy (non-hydrogen) atoms. The molecule has 0 saturated heterocycles. The van der Waals surface area contributed by atoms with Gasteiger partial charge in [-0.2, -0.15) is 11.8 Å². The molecule has 1 amide bonds. The van der Waals surface area contributed by atoms with Crippen molar-refractivity contribution >= 4 is 34.1 Å². The molecule has 2 aromatic carbocycles. The third-order valence-corrected chi connectivity index (χ3v) is 6.19. The second-order valence-electron chi connectivity index (χ2n) is 6.35. The molecule has 3 aromatic rings. The number of para-hydroxylation sites is 1. The van der Waals surface area contributed by atoms with Crippen molar-refractivity contribution in [2.45, 2.75) is 11.5 Å². The Morgan fingerprint density at radius 2 is 1.74 bits per heavy atom. The fourth-order valence-electron chi connectivity index (χ4n) is 2.88. The Hall–Kier alpha value is -2.91. The lowest BCUT2D eigenvalue weighted by atomic mass is 10.1. The summed E-state index contributed by atoms with van der Waals surface area (Å²) in [4.78, 5) is 17.2. The van der Waals surface area contributed by atoms with Crippen molar-refractivity contribution < 1.29 is 23.7 Å². The molecule has 0 radical (unpaired) electrons. The monoisotopic (exact) mass is 460 g/mol. The van der Waals surface area contributed by atoms with Gasteiger partial charge in [-0.3, -0.25) is 10.1 Å². The maximum absolute atomic E-state index is 12.7. The molecule has 0 aliphatic rings. The van der Waals surface area contributed by atoms with Gasteiger partial charge in [0.2, 0.25) is 0 Å². The summed E-state index contributed by atoms with van der Waals surface area (Å²) in [6.07, 6.45) is 0. The summed E-state index contributed by atoms with van der Waals surface area (Å²) in [6.45, 7) is 0. The maximum atomic E-state index is 12.7. The number of aromatic nitrogens is 1. The Labute approximate surface area is 189 Å². The highest BCUT2D eigenvalue weighted by Gasteiger charge is 2.17. The van der Waals surface area contributed by atoms with E-state index in [1.165, 1.54) is 25.6 Å². The summed E-state index contributed by atoms with van der Waals surface area (Å²) in [7, 11) is 6.31. The van der Waals surface area contributed by atoms with Gasteiger partial charge in [-0.15, -0.1) is 11.3 Å². The predicted octanol–water partition coefficient (Wildman–Crippen LogP) is 4.86. The Balaban J connectivity index is 1.59. The van der Waals surface area contributed by atoms with Crippen LogP contribution in [0.2, 0.25) is 0 Å². The van der Waals surface area contributed by atoms with Crippen LogP contribution in [0.4, 0.5) is 5.13 Å². The smallest absolute Gasteiger partial charge is 0.261 e. The van der Waals surface area contributed by atoms with Crippen molar-refractivity contribution in [3.8, 4) is 23.0 Å². The fraction of sp³-hybridized carbons (Fsp3) is 0.273. The number of carbonyl (C=O) groups excluding carboxylic acids is 1. The summed E-state index contributed by atoms with van der Waals surface area (Å²) >= 11 is 3.11. The van der Waals surface area contributed by atoms with Gasteiger partial charge in [-0.25, -0.2) is 4.98 Å². The molecule has 1 aromatic heterocycles. The molecule has 7 nitrogen and oxygen atoms in total. The Kier molecular flexibility index (Phi) is 8.02. The summed E-state index contributed by atoms with van der Waals surface area (Å²) in [5.41, 5.74) is 2.40. The van der Waals surface area contributed by atoms with E-state index in [0.29, 0.717) is 27.9 Å². The van der Waals surface area contributed by atoms with Gasteiger partial charge in [0.25, 0.3) is 5.91 Å². The van der Waals surface area contributed by atoms with Gasteiger partial charge in [0, 0.05) is 23.0 Å². The molecule has 9 heteroatoms. The number of thiazole rings is 1. The van der Waals surface area contributed by atoms with Crippen LogP contribution in [0.5, 0.6) is 23.0 Å². The summed E-state index contributed by atoms with van der Waals surface area (Å²) < 4.78 is 21.2. The van der Waals surface area contributed by atoms with Gasteiger partial charge < -0.3 is 18.9 Å². The summed E-state index contributed by atoms with van der Waals surface area (Å²) in [5.74, 6) is 3.63. The normalized spacial score (nSPS) is 10.5. The highest BCUT2D eigenvalue weighted by atomic mass is 32.2. The van der Waals surface area contributed by atoms with Crippen molar-refractivity contribution in [2.24, 2.45) is 0 Å². The first-order valence-corrected chi connectivity index (χ1v) is 11.4. The minimum absolute atomic E-state index is 0.298. The minimum atomic E-state index is -0.298. The van der Waals surface area contributed by atoms with Crippen LogP contribution < -0.4 is 24.3 Å². The molecule has 164 valence electrons. The van der Waals surface area contributed by atoms with E-state index in [1.807, 2.05) is 23.6 Å². The number of thioether (sulfide) groups is 1. The molecule has 0 aliphatic heterocycles. The first-order valence-electron chi connectivity index (χ1n) is 9.34. The van der Waals surface area contributed by atoms with Crippen molar-refractivity contribution in [1.82, 2.24) is 4.98 Å². The highest BCUT2D eigenvalue weighted by molar-refractivity contribution is 7.97. The lowest BCUT2D eigenvalue weighted by molar-refractivity contribution is 0.102. The number of hydrogen-bond acceptors (Lipinski definition) is 8. The standard InChI is InChI=1S/C22H24N2O5S2/c1-26-16-8-14(9-17(10-16)27-2)11-30-12-15-13-31-22(23-15)24-21(25)18-6-5-7-19(28-3)20(18)29-4/h5-10,13H,11-12H2,1-4H3,(H,23,24,25). The Bertz CT molecular complexity index is 1020. The minimum Gasteiger partial charge on any atom is -0.497 e. The SMILES string of the molecule is COc1cc(CSCc2csc(NC(=O)c3cccc(OC)c3OC)n2)cc(OC)c1. The van der Waals surface area contributed by atoms with Gasteiger partial charge in [0.1, 0.15) is 11.5 Å². The van der Waals surface area contributed by atoms with E-state index in [-0.39, 0.29) is 5.91 Å². The molecule has 0 bridgehead atoms. The van der Waals surface area contributed by atoms with Crippen LogP contribution in [-0.2, 0) is 11.5 Å². The zero-order chi connectivity index (χ0) is 22.2. The number of ether oxygens (including phenoxy) is 4. The summed E-state index contributed by atoms with van der Waals surface area (Å²) in [5, 5.41) is 5.31. The lowest BCUT2D eigenvalue weighted by Crippen LogP contribution is -2.13. The molecule has 0 aliphatic carbocycles. The number of hydrogen-bond donors (Lipinski definition) is 1. The summed E-state index contributed by atoms with van der Waals surface area (Å²) in [6, 6.07) is 11.0. The first-order chi connectivity index (χ1) is 15.1. The molecule has 0 saturated carbocycles. The number of carbonyl (C=O) groups is 1. The van der Waals surface area contributed by atoms with Crippen LogP contribution in [0.3, 0.4) is 0 Å². The number of methoxy groups -OCH3 is 4. The van der Waals surface area contributed by atoms with E-state index in [4.69, 9.17) is 18.9 Å². The molecule has 0 fully saturated rings.